The molecule has 0 saturated carbocycles. The predicted octanol–water partition coefficient (Wildman–Crippen LogP) is 2.61. The highest BCUT2D eigenvalue weighted by Crippen LogP contribution is 2.22. The van der Waals surface area contributed by atoms with Gasteiger partial charge in [0.15, 0.2) is 0 Å². The number of likely N-dealkylation sites (tertiary alicyclic amines) is 1. The number of nitrogens with one attached hydrogen (secondary N) is 1. The minimum absolute atomic E-state index is 0.0963. The smallest absolute Gasteiger partial charge is 0.245 e. The van der Waals surface area contributed by atoms with Crippen LogP contribution in [0, 0.1) is 5.92 Å². The molecule has 1 atom stereocenters. The molecule has 2 aromatic rings. The lowest BCUT2D eigenvalue weighted by Crippen LogP contribution is -2.30. The van der Waals surface area contributed by atoms with Crippen molar-refractivity contribution in [2.75, 3.05) is 18.4 Å². The molecule has 6 nitrogen and oxygen atoms in total. The van der Waals surface area contributed by atoms with Crippen LogP contribution in [0.25, 0.3) is 5.69 Å². The molecule has 1 N–H and O–H groups in total. The zero-order valence-electron chi connectivity index (χ0n) is 13.0. The first kappa shape index (κ1) is 16.4. The highest BCUT2D eigenvalue weighted by atomic mass is 79.9. The van der Waals surface area contributed by atoms with Gasteiger partial charge in [-0.2, -0.15) is 5.10 Å². The van der Waals surface area contributed by atoms with Crippen LogP contribution in [0.3, 0.4) is 0 Å². The molecule has 1 fully saturated rings. The van der Waals surface area contributed by atoms with Gasteiger partial charge in [0, 0.05) is 17.6 Å². The average Bonchev–Trinajstić information content (AvgIpc) is 3.24. The molecular formula is C17H17BrN4O2. The number of nitrogens with zero attached hydrogens (tertiary/aromatic N) is 3. The monoisotopic (exact) mass is 388 g/mol. The highest BCUT2D eigenvalue weighted by molar-refractivity contribution is 9.10. The molecule has 3 rings (SSSR count). The predicted molar refractivity (Wildman–Crippen MR) is 94.8 cm³/mol. The number of carbonyl (C=O) groups excluding carboxylic acids is 2. The first-order chi connectivity index (χ1) is 11.6. The topological polar surface area (TPSA) is 67.2 Å². The van der Waals surface area contributed by atoms with E-state index >= 15 is 0 Å². The van der Waals surface area contributed by atoms with Crippen molar-refractivity contribution < 1.29 is 9.59 Å². The van der Waals surface area contributed by atoms with Gasteiger partial charge in [0.1, 0.15) is 0 Å². The maximum absolute atomic E-state index is 12.4. The summed E-state index contributed by atoms with van der Waals surface area (Å²) in [5, 5.41) is 7.15. The van der Waals surface area contributed by atoms with Crippen LogP contribution in [-0.4, -0.2) is 39.6 Å². The standard InChI is InChI=1S/C17H17BrN4O2/c1-2-16(23)21-8-7-12(10-21)17(24)20-13-9-19-22(11-13)15-6-4-3-5-14(15)18/h2-6,9,11-12H,1,7-8,10H2,(H,20,24). The normalized spacial score (nSPS) is 16.9. The molecule has 1 aliphatic heterocycles. The van der Waals surface area contributed by atoms with Gasteiger partial charge < -0.3 is 10.2 Å². The van der Waals surface area contributed by atoms with E-state index < -0.39 is 0 Å². The van der Waals surface area contributed by atoms with Crippen LogP contribution >= 0.6 is 15.9 Å². The van der Waals surface area contributed by atoms with E-state index in [-0.39, 0.29) is 17.7 Å². The Bertz CT molecular complexity index is 786. The molecule has 1 unspecified atom stereocenters. The molecule has 2 amide bonds. The Morgan fingerprint density at radius 3 is 2.92 bits per heavy atom. The van der Waals surface area contributed by atoms with Crippen LogP contribution in [0.5, 0.6) is 0 Å². The van der Waals surface area contributed by atoms with Gasteiger partial charge in [-0.25, -0.2) is 4.68 Å². The van der Waals surface area contributed by atoms with E-state index in [1.54, 1.807) is 22.0 Å². The Morgan fingerprint density at radius 1 is 1.38 bits per heavy atom. The number of carbonyl (C=O) groups is 2. The van der Waals surface area contributed by atoms with Crippen molar-refractivity contribution in [3.05, 3.63) is 53.8 Å². The highest BCUT2D eigenvalue weighted by Gasteiger charge is 2.30. The zero-order chi connectivity index (χ0) is 17.1. The Morgan fingerprint density at radius 2 is 2.17 bits per heavy atom. The van der Waals surface area contributed by atoms with Crippen LogP contribution in [0.1, 0.15) is 6.42 Å². The van der Waals surface area contributed by atoms with Gasteiger partial charge in [-0.1, -0.05) is 18.7 Å². The third-order valence-electron chi connectivity index (χ3n) is 3.99. The quantitative estimate of drug-likeness (QED) is 0.818. The number of benzene rings is 1. The summed E-state index contributed by atoms with van der Waals surface area (Å²) in [4.78, 5) is 25.6. The number of para-hydroxylation sites is 1. The number of halogens is 1. The third kappa shape index (κ3) is 3.41. The average molecular weight is 389 g/mol. The second-order valence-electron chi connectivity index (χ2n) is 5.59. The van der Waals surface area contributed by atoms with Crippen LogP contribution in [0.15, 0.2) is 53.8 Å². The molecule has 0 aliphatic carbocycles. The van der Waals surface area contributed by atoms with E-state index in [9.17, 15) is 9.59 Å². The fourth-order valence-corrected chi connectivity index (χ4v) is 3.17. The van der Waals surface area contributed by atoms with Crippen LogP contribution in [-0.2, 0) is 9.59 Å². The summed E-state index contributed by atoms with van der Waals surface area (Å²) in [6.45, 7) is 4.48. The number of hydrogen-bond donors (Lipinski definition) is 1. The Labute approximate surface area is 148 Å². The summed E-state index contributed by atoms with van der Waals surface area (Å²) >= 11 is 3.48. The fraction of sp³-hybridized carbons (Fsp3) is 0.235. The number of amides is 2. The molecule has 7 heteroatoms. The van der Waals surface area contributed by atoms with Gasteiger partial charge in [0.2, 0.25) is 11.8 Å². The van der Waals surface area contributed by atoms with Crippen LogP contribution < -0.4 is 5.32 Å². The molecule has 24 heavy (non-hydrogen) atoms. The summed E-state index contributed by atoms with van der Waals surface area (Å²) in [6, 6.07) is 7.71. The van der Waals surface area contributed by atoms with Gasteiger partial charge >= 0.3 is 0 Å². The van der Waals surface area contributed by atoms with Crippen molar-refractivity contribution in [1.82, 2.24) is 14.7 Å². The van der Waals surface area contributed by atoms with Crippen LogP contribution in [0.2, 0.25) is 0 Å². The molecule has 1 aromatic heterocycles. The van der Waals surface area contributed by atoms with Gasteiger partial charge in [-0.3, -0.25) is 9.59 Å². The minimum Gasteiger partial charge on any atom is -0.338 e. The molecule has 0 radical (unpaired) electrons. The molecule has 1 aromatic carbocycles. The SMILES string of the molecule is C=CC(=O)N1CCC(C(=O)Nc2cnn(-c3ccccc3Br)c2)C1. The molecule has 0 bridgehead atoms. The Balaban J connectivity index is 1.65. The van der Waals surface area contributed by atoms with E-state index in [0.29, 0.717) is 25.2 Å². The fourth-order valence-electron chi connectivity index (χ4n) is 2.70. The molecule has 2 heterocycles. The summed E-state index contributed by atoms with van der Waals surface area (Å²) in [5.74, 6) is -0.436. The maximum atomic E-state index is 12.4. The second kappa shape index (κ2) is 7.00. The number of anilines is 1. The summed E-state index contributed by atoms with van der Waals surface area (Å²) < 4.78 is 2.61. The van der Waals surface area contributed by atoms with E-state index in [1.165, 1.54) is 6.08 Å². The Hall–Kier alpha value is -2.41. The largest absolute Gasteiger partial charge is 0.338 e. The van der Waals surface area contributed by atoms with Gasteiger partial charge in [0.05, 0.1) is 29.7 Å². The Kier molecular flexibility index (Phi) is 4.80. The number of rotatable bonds is 4. The van der Waals surface area contributed by atoms with Crippen molar-refractivity contribution in [3.8, 4) is 5.69 Å². The van der Waals surface area contributed by atoms with E-state index in [0.717, 1.165) is 10.2 Å². The molecule has 1 aliphatic rings. The van der Waals surface area contributed by atoms with Crippen molar-refractivity contribution >= 4 is 33.4 Å². The lowest BCUT2D eigenvalue weighted by atomic mass is 10.1. The lowest BCUT2D eigenvalue weighted by Gasteiger charge is -2.13. The van der Waals surface area contributed by atoms with Crippen molar-refractivity contribution in [2.45, 2.75) is 6.42 Å². The van der Waals surface area contributed by atoms with Crippen molar-refractivity contribution in [2.24, 2.45) is 5.92 Å². The molecule has 0 spiro atoms. The minimum atomic E-state index is -0.208. The number of aromatic nitrogens is 2. The summed E-state index contributed by atoms with van der Waals surface area (Å²) in [7, 11) is 0. The molecular weight excluding hydrogens is 372 g/mol. The van der Waals surface area contributed by atoms with E-state index in [1.807, 2.05) is 24.3 Å². The van der Waals surface area contributed by atoms with Crippen molar-refractivity contribution in [1.29, 1.82) is 0 Å². The van der Waals surface area contributed by atoms with E-state index in [4.69, 9.17) is 0 Å². The lowest BCUT2D eigenvalue weighted by molar-refractivity contribution is -0.125. The van der Waals surface area contributed by atoms with Crippen LogP contribution in [0.4, 0.5) is 5.69 Å². The zero-order valence-corrected chi connectivity index (χ0v) is 14.6. The van der Waals surface area contributed by atoms with Gasteiger partial charge in [0.25, 0.3) is 0 Å². The maximum Gasteiger partial charge on any atom is 0.245 e. The van der Waals surface area contributed by atoms with Crippen molar-refractivity contribution in [3.63, 3.8) is 0 Å². The van der Waals surface area contributed by atoms with Gasteiger partial charge in [-0.05, 0) is 40.6 Å². The second-order valence-corrected chi connectivity index (χ2v) is 6.44. The van der Waals surface area contributed by atoms with E-state index in [2.05, 4.69) is 32.9 Å². The summed E-state index contributed by atoms with van der Waals surface area (Å²) in [5.41, 5.74) is 1.52. The van der Waals surface area contributed by atoms with Gasteiger partial charge in [-0.15, -0.1) is 0 Å². The number of hydrogen-bond acceptors (Lipinski definition) is 3. The molecule has 1 saturated heterocycles. The molecule has 124 valence electrons. The summed E-state index contributed by atoms with van der Waals surface area (Å²) in [6.07, 6.45) is 5.31. The third-order valence-corrected chi connectivity index (χ3v) is 4.67. The first-order valence-corrected chi connectivity index (χ1v) is 8.39. The first-order valence-electron chi connectivity index (χ1n) is 7.60.